The molecular formula is C22H22BrO14P. The van der Waals surface area contributed by atoms with Gasteiger partial charge in [-0.2, -0.15) is 0 Å². The summed E-state index contributed by atoms with van der Waals surface area (Å²) in [5.41, 5.74) is 0. The summed E-state index contributed by atoms with van der Waals surface area (Å²) in [6.45, 7) is -0.447. The van der Waals surface area contributed by atoms with Crippen LogP contribution in [0, 0.1) is 0 Å². The molecule has 1 aromatic heterocycles. The molecule has 0 aliphatic rings. The van der Waals surface area contributed by atoms with Gasteiger partial charge in [0, 0.05) is 4.47 Å². The Morgan fingerprint density at radius 2 is 1.34 bits per heavy atom. The monoisotopic (exact) mass is 620 g/mol. The van der Waals surface area contributed by atoms with Crippen LogP contribution in [0.2, 0.25) is 0 Å². The molecule has 0 spiro atoms. The average molecular weight is 621 g/mol. The summed E-state index contributed by atoms with van der Waals surface area (Å²) in [7, 11) is -1.73. The van der Waals surface area contributed by atoms with E-state index in [1.807, 2.05) is 0 Å². The number of carboxylic acids is 3. The number of phenolic OH excluding ortho intramolecular Hbond substituents is 1. The average Bonchev–Trinajstić information content (AvgIpc) is 3.23. The van der Waals surface area contributed by atoms with Crippen LogP contribution in [0.1, 0.15) is 21.1 Å². The van der Waals surface area contributed by atoms with E-state index in [9.17, 15) is 18.9 Å². The van der Waals surface area contributed by atoms with Crippen LogP contribution in [0.5, 0.6) is 23.0 Å². The van der Waals surface area contributed by atoms with Gasteiger partial charge in [0.05, 0.1) is 19.5 Å². The van der Waals surface area contributed by atoms with Crippen LogP contribution in [-0.2, 0) is 9.36 Å². The van der Waals surface area contributed by atoms with Gasteiger partial charge in [0.25, 0.3) is 11.5 Å². The van der Waals surface area contributed by atoms with Gasteiger partial charge in [-0.15, -0.1) is 0 Å². The third-order valence-electron chi connectivity index (χ3n) is 4.00. The van der Waals surface area contributed by atoms with Crippen molar-refractivity contribution in [3.05, 3.63) is 64.5 Å². The van der Waals surface area contributed by atoms with Crippen molar-refractivity contribution in [2.45, 2.75) is 0 Å². The molecule has 0 atom stereocenters. The number of rotatable bonds is 8. The first-order valence-corrected chi connectivity index (χ1v) is 12.3. The van der Waals surface area contributed by atoms with Gasteiger partial charge in [-0.25, -0.2) is 14.4 Å². The molecule has 0 unspecified atom stereocenters. The molecule has 14 nitrogen and oxygen atoms in total. The molecule has 6 N–H and O–H groups in total. The minimum Gasteiger partial charge on any atom is -0.504 e. The first-order chi connectivity index (χ1) is 17.7. The van der Waals surface area contributed by atoms with E-state index in [0.717, 1.165) is 0 Å². The normalized spacial score (nSPS) is 10.1. The lowest BCUT2D eigenvalue weighted by atomic mass is 10.3. The number of carboxylic acid groups (broad SMARTS) is 3. The molecule has 0 aliphatic heterocycles. The zero-order chi connectivity index (χ0) is 29.0. The summed E-state index contributed by atoms with van der Waals surface area (Å²) in [6.07, 6.45) is 0. The van der Waals surface area contributed by atoms with Crippen LogP contribution in [0.25, 0.3) is 0 Å². The molecule has 2 aromatic carbocycles. The number of aromatic carboxylic acids is 2. The number of halogens is 1. The molecule has 0 saturated carbocycles. The van der Waals surface area contributed by atoms with Crippen molar-refractivity contribution in [1.82, 2.24) is 0 Å². The maximum absolute atomic E-state index is 10.7. The molecule has 0 fully saturated rings. The maximum atomic E-state index is 10.7. The Kier molecular flexibility index (Phi) is 12.3. The van der Waals surface area contributed by atoms with Crippen molar-refractivity contribution >= 4 is 46.7 Å². The highest BCUT2D eigenvalue weighted by molar-refractivity contribution is 9.10. The molecule has 38 heavy (non-hydrogen) atoms. The van der Waals surface area contributed by atoms with Crippen LogP contribution < -0.4 is 19.5 Å². The number of phenols is 1. The number of furan rings is 1. The van der Waals surface area contributed by atoms with E-state index in [2.05, 4.69) is 20.3 Å². The van der Waals surface area contributed by atoms with Gasteiger partial charge in [-0.05, 0) is 40.2 Å². The van der Waals surface area contributed by atoms with Gasteiger partial charge in [-0.3, -0.25) is 4.57 Å². The van der Waals surface area contributed by atoms with E-state index < -0.39 is 43.6 Å². The molecule has 0 radical (unpaired) electrons. The Labute approximate surface area is 222 Å². The lowest BCUT2D eigenvalue weighted by molar-refractivity contribution is -0.139. The first-order valence-electron chi connectivity index (χ1n) is 9.89. The SMILES string of the molecule is COc1c(C(=O)O)oc(C(=O)O)c1OC.O=C(O)COc1ccccc1O.O=P(O)(O)c1ccccc1Br. The quantitative estimate of drug-likeness (QED) is 0.199. The highest BCUT2D eigenvalue weighted by atomic mass is 79.9. The van der Waals surface area contributed by atoms with E-state index in [1.165, 1.54) is 32.4 Å². The highest BCUT2D eigenvalue weighted by Crippen LogP contribution is 2.38. The standard InChI is InChI=1S/C8H8O7.C8H8O4.C6H6BrO3P/c1-13-3-4(14-2)6(8(11)12)15-5(3)7(9)10;9-6-3-1-2-4-7(6)12-5-8(10)11;7-5-3-1-2-4-6(5)11(8,9)10/h1-2H3,(H,9,10)(H,11,12);1-4,9H,5H2,(H,10,11);1-4H,(H2,8,9,10). The molecule has 0 saturated heterocycles. The largest absolute Gasteiger partial charge is 0.504 e. The number of hydrogen-bond donors (Lipinski definition) is 6. The summed E-state index contributed by atoms with van der Waals surface area (Å²) in [4.78, 5) is 48.9. The second-order valence-corrected chi connectivity index (χ2v) is 9.01. The topological polar surface area (TPSA) is 230 Å². The second-order valence-electron chi connectivity index (χ2n) is 6.58. The Morgan fingerprint density at radius 3 is 1.71 bits per heavy atom. The summed E-state index contributed by atoms with van der Waals surface area (Å²) < 4.78 is 29.9. The predicted octanol–water partition coefficient (Wildman–Crippen LogP) is 2.80. The number of aliphatic carboxylic acids is 1. The van der Waals surface area contributed by atoms with Crippen LogP contribution in [0.3, 0.4) is 0 Å². The minimum absolute atomic E-state index is 0.0278. The van der Waals surface area contributed by atoms with Crippen molar-refractivity contribution in [3.63, 3.8) is 0 Å². The molecule has 16 heteroatoms. The molecule has 0 bridgehead atoms. The third kappa shape index (κ3) is 9.44. The first kappa shape index (κ1) is 32.0. The van der Waals surface area contributed by atoms with E-state index in [4.69, 9.17) is 44.4 Å². The van der Waals surface area contributed by atoms with Gasteiger partial charge in [0.1, 0.15) is 0 Å². The van der Waals surface area contributed by atoms with Crippen molar-refractivity contribution < 1.29 is 67.8 Å². The van der Waals surface area contributed by atoms with E-state index in [-0.39, 0.29) is 28.3 Å². The molecule has 0 aliphatic carbocycles. The van der Waals surface area contributed by atoms with Crippen LogP contribution in [0.15, 0.2) is 57.4 Å². The molecule has 0 amide bonds. The van der Waals surface area contributed by atoms with Crippen molar-refractivity contribution in [2.75, 3.05) is 20.8 Å². The molecule has 1 heterocycles. The van der Waals surface area contributed by atoms with Crippen molar-refractivity contribution in [3.8, 4) is 23.0 Å². The number of para-hydroxylation sites is 2. The fraction of sp³-hybridized carbons (Fsp3) is 0.136. The molecule has 3 rings (SSSR count). The summed E-state index contributed by atoms with van der Waals surface area (Å²) in [6, 6.07) is 12.5. The third-order valence-corrected chi connectivity index (χ3v) is 6.02. The van der Waals surface area contributed by atoms with Crippen LogP contribution in [-0.4, -0.2) is 68.9 Å². The van der Waals surface area contributed by atoms with Crippen molar-refractivity contribution in [2.24, 2.45) is 0 Å². The number of aromatic hydroxyl groups is 1. The minimum atomic E-state index is -4.10. The number of methoxy groups -OCH3 is 2. The lowest BCUT2D eigenvalue weighted by Crippen LogP contribution is -2.09. The number of benzene rings is 2. The summed E-state index contributed by atoms with van der Waals surface area (Å²) in [5.74, 6) is -5.52. The smallest absolute Gasteiger partial charge is 0.375 e. The zero-order valence-electron chi connectivity index (χ0n) is 19.6. The van der Waals surface area contributed by atoms with Gasteiger partial charge in [-0.1, -0.05) is 24.3 Å². The van der Waals surface area contributed by atoms with E-state index >= 15 is 0 Å². The van der Waals surface area contributed by atoms with Gasteiger partial charge >= 0.3 is 25.5 Å². The maximum Gasteiger partial charge on any atom is 0.375 e. The van der Waals surface area contributed by atoms with Crippen LogP contribution in [0.4, 0.5) is 0 Å². The molecule has 206 valence electrons. The van der Waals surface area contributed by atoms with Gasteiger partial charge < -0.3 is 48.8 Å². The van der Waals surface area contributed by atoms with Crippen molar-refractivity contribution in [1.29, 1.82) is 0 Å². The van der Waals surface area contributed by atoms with Gasteiger partial charge in [0.15, 0.2) is 18.1 Å². The van der Waals surface area contributed by atoms with E-state index in [0.29, 0.717) is 4.47 Å². The van der Waals surface area contributed by atoms with Gasteiger partial charge in [0.2, 0.25) is 11.5 Å². The fourth-order valence-electron chi connectivity index (χ4n) is 2.46. The predicted molar refractivity (Wildman–Crippen MR) is 133 cm³/mol. The van der Waals surface area contributed by atoms with E-state index in [1.54, 1.807) is 30.3 Å². The highest BCUT2D eigenvalue weighted by Gasteiger charge is 2.30. The second kappa shape index (κ2) is 14.6. The Hall–Kier alpha value is -4.04. The number of hydrogen-bond acceptors (Lipinski definition) is 9. The number of ether oxygens (including phenoxy) is 3. The fourth-order valence-corrected chi connectivity index (χ4v) is 4.07. The Balaban J connectivity index is 0.000000289. The summed E-state index contributed by atoms with van der Waals surface area (Å²) in [5, 5.41) is 34.8. The summed E-state index contributed by atoms with van der Waals surface area (Å²) >= 11 is 3.04. The Bertz CT molecular complexity index is 1280. The molecular weight excluding hydrogens is 599 g/mol. The Morgan fingerprint density at radius 1 is 0.868 bits per heavy atom. The molecule has 3 aromatic rings. The number of carbonyl (C=O) groups is 3. The van der Waals surface area contributed by atoms with Crippen LogP contribution >= 0.6 is 23.5 Å². The zero-order valence-corrected chi connectivity index (χ0v) is 22.1. The lowest BCUT2D eigenvalue weighted by Gasteiger charge is -2.04.